The lowest BCUT2D eigenvalue weighted by Gasteiger charge is -2.31. The van der Waals surface area contributed by atoms with Crippen molar-refractivity contribution in [2.24, 2.45) is 5.92 Å². The van der Waals surface area contributed by atoms with E-state index in [2.05, 4.69) is 10.3 Å². The molecule has 1 saturated heterocycles. The molecule has 0 radical (unpaired) electrons. The molecular weight excluding hydrogens is 362 g/mol. The molecule has 0 unspecified atom stereocenters. The monoisotopic (exact) mass is 387 g/mol. The summed E-state index contributed by atoms with van der Waals surface area (Å²) in [5.41, 5.74) is 0.977. The summed E-state index contributed by atoms with van der Waals surface area (Å²) in [6.07, 6.45) is 6.29. The summed E-state index contributed by atoms with van der Waals surface area (Å²) >= 11 is 0. The van der Waals surface area contributed by atoms with Gasteiger partial charge in [0.05, 0.1) is 4.90 Å². The number of nitrogens with one attached hydrogen (secondary N) is 1. The molecule has 27 heavy (non-hydrogen) atoms. The number of sulfonamides is 1. The summed E-state index contributed by atoms with van der Waals surface area (Å²) in [4.78, 5) is 16.4. The Morgan fingerprint density at radius 3 is 2.52 bits per heavy atom. The average molecular weight is 388 g/mol. The molecule has 1 N–H and O–H groups in total. The van der Waals surface area contributed by atoms with E-state index in [9.17, 15) is 13.2 Å². The summed E-state index contributed by atoms with van der Waals surface area (Å²) < 4.78 is 26.8. The van der Waals surface area contributed by atoms with Gasteiger partial charge in [0.1, 0.15) is 0 Å². The molecule has 1 aromatic carbocycles. The molecule has 0 bridgehead atoms. The third-order valence-corrected chi connectivity index (χ3v) is 6.86. The van der Waals surface area contributed by atoms with Gasteiger partial charge in [0.15, 0.2) is 0 Å². The van der Waals surface area contributed by atoms with Crippen molar-refractivity contribution in [3.8, 4) is 0 Å². The van der Waals surface area contributed by atoms with Gasteiger partial charge in [-0.2, -0.15) is 4.31 Å². The third kappa shape index (κ3) is 5.37. The molecule has 2 aromatic rings. The predicted molar refractivity (Wildman–Crippen MR) is 103 cm³/mol. The number of hydrogen-bond donors (Lipinski definition) is 1. The smallest absolute Gasteiger partial charge is 0.243 e. The van der Waals surface area contributed by atoms with E-state index in [1.807, 2.05) is 18.2 Å². The van der Waals surface area contributed by atoms with Crippen molar-refractivity contribution in [2.75, 3.05) is 13.1 Å². The molecule has 1 amide bonds. The molecule has 0 atom stereocenters. The van der Waals surface area contributed by atoms with Crippen LogP contribution in [0.3, 0.4) is 0 Å². The van der Waals surface area contributed by atoms with Gasteiger partial charge in [0, 0.05) is 38.4 Å². The highest BCUT2D eigenvalue weighted by Gasteiger charge is 2.29. The SMILES string of the molecule is O=C(CCC1CCN(S(=O)(=O)c2ccccc2)CC1)NCc1cccnc1. The Hall–Kier alpha value is -2.25. The molecule has 2 heterocycles. The number of hydrogen-bond acceptors (Lipinski definition) is 4. The maximum atomic E-state index is 12.6. The molecule has 7 heteroatoms. The second kappa shape index (κ2) is 9.10. The number of benzene rings is 1. The zero-order valence-corrected chi connectivity index (χ0v) is 16.1. The van der Waals surface area contributed by atoms with Gasteiger partial charge in [-0.3, -0.25) is 9.78 Å². The Balaban J connectivity index is 1.41. The molecule has 1 fully saturated rings. The van der Waals surface area contributed by atoms with Gasteiger partial charge in [0.2, 0.25) is 15.9 Å². The first-order valence-electron chi connectivity index (χ1n) is 9.26. The Bertz CT molecular complexity index is 833. The summed E-state index contributed by atoms with van der Waals surface area (Å²) in [5.74, 6) is 0.412. The molecule has 1 aliphatic rings. The summed E-state index contributed by atoms with van der Waals surface area (Å²) in [6.45, 7) is 1.51. The predicted octanol–water partition coefficient (Wildman–Crippen LogP) is 2.58. The van der Waals surface area contributed by atoms with Crippen LogP contribution >= 0.6 is 0 Å². The van der Waals surface area contributed by atoms with Crippen LogP contribution in [0, 0.1) is 5.92 Å². The summed E-state index contributed by atoms with van der Waals surface area (Å²) in [7, 11) is -3.41. The highest BCUT2D eigenvalue weighted by atomic mass is 32.2. The van der Waals surface area contributed by atoms with Gasteiger partial charge in [0.25, 0.3) is 0 Å². The first-order chi connectivity index (χ1) is 13.1. The van der Waals surface area contributed by atoms with Crippen LogP contribution in [-0.4, -0.2) is 36.7 Å². The molecular formula is C20H25N3O3S. The van der Waals surface area contributed by atoms with Crippen molar-refractivity contribution in [3.63, 3.8) is 0 Å². The van der Waals surface area contributed by atoms with Crippen LogP contribution in [0.5, 0.6) is 0 Å². The van der Waals surface area contributed by atoms with Crippen molar-refractivity contribution in [1.29, 1.82) is 0 Å². The lowest BCUT2D eigenvalue weighted by Crippen LogP contribution is -2.38. The van der Waals surface area contributed by atoms with E-state index < -0.39 is 10.0 Å². The number of rotatable bonds is 7. The minimum absolute atomic E-state index is 0.0261. The highest BCUT2D eigenvalue weighted by molar-refractivity contribution is 7.89. The van der Waals surface area contributed by atoms with Gasteiger partial charge in [-0.25, -0.2) is 8.42 Å². The second-order valence-electron chi connectivity index (χ2n) is 6.84. The van der Waals surface area contributed by atoms with E-state index in [0.717, 1.165) is 24.8 Å². The fraction of sp³-hybridized carbons (Fsp3) is 0.400. The summed E-state index contributed by atoms with van der Waals surface area (Å²) in [6, 6.07) is 12.3. The van der Waals surface area contributed by atoms with Crippen LogP contribution in [-0.2, 0) is 21.4 Å². The molecule has 0 saturated carbocycles. The van der Waals surface area contributed by atoms with Gasteiger partial charge in [-0.1, -0.05) is 24.3 Å². The lowest BCUT2D eigenvalue weighted by atomic mass is 9.93. The number of amides is 1. The van der Waals surface area contributed by atoms with E-state index in [0.29, 0.717) is 36.9 Å². The number of pyridine rings is 1. The van der Waals surface area contributed by atoms with Crippen LogP contribution in [0.4, 0.5) is 0 Å². The number of piperidine rings is 1. The van der Waals surface area contributed by atoms with E-state index in [1.54, 1.807) is 41.0 Å². The number of nitrogens with zero attached hydrogens (tertiary/aromatic N) is 2. The minimum Gasteiger partial charge on any atom is -0.352 e. The number of carbonyl (C=O) groups excluding carboxylic acids is 1. The molecule has 6 nitrogen and oxygen atoms in total. The normalized spacial score (nSPS) is 16.1. The van der Waals surface area contributed by atoms with Crippen LogP contribution in [0.1, 0.15) is 31.2 Å². The van der Waals surface area contributed by atoms with Crippen LogP contribution in [0.15, 0.2) is 59.8 Å². The first-order valence-corrected chi connectivity index (χ1v) is 10.7. The Kier molecular flexibility index (Phi) is 6.58. The molecule has 0 spiro atoms. The van der Waals surface area contributed by atoms with Gasteiger partial charge < -0.3 is 5.32 Å². The highest BCUT2D eigenvalue weighted by Crippen LogP contribution is 2.26. The lowest BCUT2D eigenvalue weighted by molar-refractivity contribution is -0.121. The minimum atomic E-state index is -3.41. The topological polar surface area (TPSA) is 79.4 Å². The van der Waals surface area contributed by atoms with E-state index in [4.69, 9.17) is 0 Å². The zero-order valence-electron chi connectivity index (χ0n) is 15.3. The maximum absolute atomic E-state index is 12.6. The van der Waals surface area contributed by atoms with Gasteiger partial charge in [-0.15, -0.1) is 0 Å². The van der Waals surface area contributed by atoms with Crippen molar-refractivity contribution < 1.29 is 13.2 Å². The molecule has 1 aromatic heterocycles. The van der Waals surface area contributed by atoms with Crippen molar-refractivity contribution >= 4 is 15.9 Å². The number of carbonyl (C=O) groups is 1. The van der Waals surface area contributed by atoms with Gasteiger partial charge in [-0.05, 0) is 48.9 Å². The standard InChI is InChI=1S/C20H25N3O3S/c24-20(22-16-18-5-4-12-21-15-18)9-8-17-10-13-23(14-11-17)27(25,26)19-6-2-1-3-7-19/h1-7,12,15,17H,8-11,13-14,16H2,(H,22,24). The van der Waals surface area contributed by atoms with E-state index in [-0.39, 0.29) is 5.91 Å². The average Bonchev–Trinajstić information content (AvgIpc) is 2.72. The van der Waals surface area contributed by atoms with Gasteiger partial charge >= 0.3 is 0 Å². The van der Waals surface area contributed by atoms with Crippen molar-refractivity contribution in [3.05, 3.63) is 60.4 Å². The quantitative estimate of drug-likeness (QED) is 0.792. The number of aromatic nitrogens is 1. The third-order valence-electron chi connectivity index (χ3n) is 4.95. The summed E-state index contributed by atoms with van der Waals surface area (Å²) in [5, 5.41) is 2.91. The fourth-order valence-corrected chi connectivity index (χ4v) is 4.80. The molecule has 144 valence electrons. The largest absolute Gasteiger partial charge is 0.352 e. The van der Waals surface area contributed by atoms with E-state index in [1.165, 1.54) is 0 Å². The van der Waals surface area contributed by atoms with Crippen LogP contribution < -0.4 is 5.32 Å². The zero-order chi connectivity index (χ0) is 19.1. The van der Waals surface area contributed by atoms with Crippen LogP contribution in [0.2, 0.25) is 0 Å². The Labute approximate surface area is 160 Å². The first kappa shape index (κ1) is 19.5. The van der Waals surface area contributed by atoms with E-state index >= 15 is 0 Å². The van der Waals surface area contributed by atoms with Crippen molar-refractivity contribution in [1.82, 2.24) is 14.6 Å². The Morgan fingerprint density at radius 1 is 1.11 bits per heavy atom. The maximum Gasteiger partial charge on any atom is 0.243 e. The molecule has 3 rings (SSSR count). The fourth-order valence-electron chi connectivity index (χ4n) is 3.31. The van der Waals surface area contributed by atoms with Crippen LogP contribution in [0.25, 0.3) is 0 Å². The molecule has 1 aliphatic heterocycles. The molecule has 0 aliphatic carbocycles. The Morgan fingerprint density at radius 2 is 1.85 bits per heavy atom. The second-order valence-corrected chi connectivity index (χ2v) is 8.78. The van der Waals surface area contributed by atoms with Crippen molar-refractivity contribution in [2.45, 2.75) is 37.1 Å².